The third-order valence-corrected chi connectivity index (χ3v) is 5.85. The van der Waals surface area contributed by atoms with Crippen LogP contribution in [-0.2, 0) is 25.7 Å². The number of hydrogen-bond donors (Lipinski definition) is 5. The highest BCUT2D eigenvalue weighted by Crippen LogP contribution is 2.23. The van der Waals surface area contributed by atoms with Gasteiger partial charge in [-0.05, 0) is 30.5 Å². The van der Waals surface area contributed by atoms with Crippen molar-refractivity contribution < 1.29 is 38.5 Å². The van der Waals surface area contributed by atoms with Gasteiger partial charge < -0.3 is 35.3 Å². The number of rotatable bonds is 12. The lowest BCUT2D eigenvalue weighted by atomic mass is 10.0. The molecule has 1 heterocycles. The van der Waals surface area contributed by atoms with E-state index in [4.69, 9.17) is 9.15 Å². The lowest BCUT2D eigenvalue weighted by molar-refractivity contribution is -0.139. The molecule has 0 bridgehead atoms. The Morgan fingerprint density at radius 1 is 0.923 bits per heavy atom. The molecule has 208 valence electrons. The zero-order valence-corrected chi connectivity index (χ0v) is 21.8. The summed E-state index contributed by atoms with van der Waals surface area (Å²) in [6.45, 7) is 4.84. The lowest BCUT2D eigenvalue weighted by Crippen LogP contribution is -2.56. The molecule has 3 aromatic rings. The number of hydrogen-bond acceptors (Lipinski definition) is 8. The Bertz CT molecular complexity index is 1260. The number of carbonyl (C=O) groups excluding carboxylic acids is 3. The van der Waals surface area contributed by atoms with Crippen LogP contribution in [0.25, 0.3) is 11.1 Å². The van der Waals surface area contributed by atoms with E-state index in [2.05, 4.69) is 20.9 Å². The number of carbonyl (C=O) groups is 4. The minimum absolute atomic E-state index is 0.0191. The van der Waals surface area contributed by atoms with Gasteiger partial charge in [-0.15, -0.1) is 0 Å². The number of aliphatic carboxylic acids is 1. The molecule has 0 aliphatic carbocycles. The van der Waals surface area contributed by atoms with Crippen molar-refractivity contribution in [3.8, 4) is 0 Å². The van der Waals surface area contributed by atoms with Gasteiger partial charge in [0.15, 0.2) is 11.7 Å². The summed E-state index contributed by atoms with van der Waals surface area (Å²) in [5, 5.41) is 27.5. The van der Waals surface area contributed by atoms with Gasteiger partial charge in [-0.1, -0.05) is 56.3 Å². The van der Waals surface area contributed by atoms with E-state index in [1.165, 1.54) is 6.92 Å². The van der Waals surface area contributed by atoms with Crippen LogP contribution in [0, 0.1) is 5.92 Å². The maximum Gasteiger partial charge on any atom is 0.408 e. The fraction of sp³-hybridized carbons (Fsp3) is 0.370. The quantitative estimate of drug-likeness (QED) is 0.230. The van der Waals surface area contributed by atoms with Gasteiger partial charge in [0.1, 0.15) is 24.2 Å². The summed E-state index contributed by atoms with van der Waals surface area (Å²) in [5.74, 6) is -3.16. The van der Waals surface area contributed by atoms with Crippen LogP contribution in [-0.4, -0.2) is 57.2 Å². The molecule has 0 aliphatic heterocycles. The van der Waals surface area contributed by atoms with E-state index in [-0.39, 0.29) is 18.4 Å². The molecule has 0 radical (unpaired) electrons. The van der Waals surface area contributed by atoms with E-state index < -0.39 is 54.5 Å². The summed E-state index contributed by atoms with van der Waals surface area (Å²) in [6, 6.07) is 12.3. The standard InChI is InChI=1S/C27H32N4O8/c1-15(2)22(31-27(37)38-14-17-9-5-4-6-10-17)25(36)28-16(3)24(35)29-19(13-21(32)33)23(34)26-30-18-11-7-8-12-20(18)39-26/h4-12,15-16,19,22-23,34H,13-14H2,1-3H3,(H,28,36)(H,29,35)(H,31,37)(H,32,33)/t16-,19?,22-,23?/m0/s1. The van der Waals surface area contributed by atoms with Gasteiger partial charge in [0.05, 0.1) is 12.5 Å². The number of para-hydroxylation sites is 2. The van der Waals surface area contributed by atoms with Crippen LogP contribution < -0.4 is 16.0 Å². The van der Waals surface area contributed by atoms with Gasteiger partial charge in [0.2, 0.25) is 17.7 Å². The number of carboxylic acid groups (broad SMARTS) is 1. The highest BCUT2D eigenvalue weighted by Gasteiger charge is 2.32. The molecule has 3 amide bonds. The van der Waals surface area contributed by atoms with Gasteiger partial charge in [0, 0.05) is 0 Å². The molecule has 12 nitrogen and oxygen atoms in total. The lowest BCUT2D eigenvalue weighted by Gasteiger charge is -2.25. The molecule has 5 N–H and O–H groups in total. The Balaban J connectivity index is 1.60. The van der Waals surface area contributed by atoms with Crippen molar-refractivity contribution in [3.63, 3.8) is 0 Å². The average molecular weight is 541 g/mol. The molecule has 0 fully saturated rings. The Kier molecular flexibility index (Phi) is 9.98. The molecule has 39 heavy (non-hydrogen) atoms. The molecule has 12 heteroatoms. The van der Waals surface area contributed by atoms with Crippen LogP contribution in [0.2, 0.25) is 0 Å². The van der Waals surface area contributed by atoms with Crippen LogP contribution in [0.5, 0.6) is 0 Å². The second-order valence-electron chi connectivity index (χ2n) is 9.34. The Labute approximate surface area is 224 Å². The molecular formula is C27H32N4O8. The molecule has 0 saturated heterocycles. The van der Waals surface area contributed by atoms with Crippen LogP contribution in [0.15, 0.2) is 59.0 Å². The monoisotopic (exact) mass is 540 g/mol. The highest BCUT2D eigenvalue weighted by atomic mass is 16.5. The van der Waals surface area contributed by atoms with E-state index in [1.807, 2.05) is 6.07 Å². The van der Waals surface area contributed by atoms with E-state index in [0.717, 1.165) is 5.56 Å². The number of amides is 3. The molecule has 2 unspecified atom stereocenters. The molecule has 0 spiro atoms. The number of oxazole rings is 1. The summed E-state index contributed by atoms with van der Waals surface area (Å²) in [6.07, 6.45) is -2.99. The van der Waals surface area contributed by atoms with Crippen molar-refractivity contribution in [2.45, 2.75) is 58.0 Å². The molecule has 2 aromatic carbocycles. The van der Waals surface area contributed by atoms with Crippen LogP contribution in [0.1, 0.15) is 44.8 Å². The van der Waals surface area contributed by atoms with Gasteiger partial charge >= 0.3 is 12.1 Å². The number of benzene rings is 2. The van der Waals surface area contributed by atoms with Gasteiger partial charge in [0.25, 0.3) is 0 Å². The second-order valence-corrected chi connectivity index (χ2v) is 9.34. The maximum atomic E-state index is 12.9. The van der Waals surface area contributed by atoms with Gasteiger partial charge in [-0.25, -0.2) is 9.78 Å². The Morgan fingerprint density at radius 2 is 1.59 bits per heavy atom. The van der Waals surface area contributed by atoms with Crippen molar-refractivity contribution in [3.05, 3.63) is 66.1 Å². The summed E-state index contributed by atoms with van der Waals surface area (Å²) >= 11 is 0. The highest BCUT2D eigenvalue weighted by molar-refractivity contribution is 5.91. The average Bonchev–Trinajstić information content (AvgIpc) is 3.34. The summed E-state index contributed by atoms with van der Waals surface area (Å²) < 4.78 is 10.7. The first-order valence-electron chi connectivity index (χ1n) is 12.4. The van der Waals surface area contributed by atoms with Crippen LogP contribution in [0.4, 0.5) is 4.79 Å². The first kappa shape index (κ1) is 29.1. The Morgan fingerprint density at radius 3 is 2.23 bits per heavy atom. The summed E-state index contributed by atoms with van der Waals surface area (Å²) in [4.78, 5) is 53.6. The predicted molar refractivity (Wildman–Crippen MR) is 139 cm³/mol. The van der Waals surface area contributed by atoms with Crippen molar-refractivity contribution in [1.82, 2.24) is 20.9 Å². The van der Waals surface area contributed by atoms with Crippen molar-refractivity contribution >= 4 is 35.0 Å². The number of fused-ring (bicyclic) bond motifs is 1. The number of ether oxygens (including phenoxy) is 1. The number of aliphatic hydroxyl groups excluding tert-OH is 1. The van der Waals surface area contributed by atoms with E-state index in [0.29, 0.717) is 11.1 Å². The van der Waals surface area contributed by atoms with E-state index >= 15 is 0 Å². The fourth-order valence-corrected chi connectivity index (χ4v) is 3.72. The zero-order valence-electron chi connectivity index (χ0n) is 21.8. The third kappa shape index (κ3) is 8.27. The van der Waals surface area contributed by atoms with Crippen LogP contribution in [0.3, 0.4) is 0 Å². The number of alkyl carbamates (subject to hydrolysis) is 1. The zero-order chi connectivity index (χ0) is 28.5. The maximum absolute atomic E-state index is 12.9. The topological polar surface area (TPSA) is 180 Å². The van der Waals surface area contributed by atoms with Crippen molar-refractivity contribution in [1.29, 1.82) is 0 Å². The van der Waals surface area contributed by atoms with Crippen LogP contribution >= 0.6 is 0 Å². The minimum Gasteiger partial charge on any atom is -0.481 e. The number of carboxylic acids is 1. The summed E-state index contributed by atoms with van der Waals surface area (Å²) in [5.41, 5.74) is 1.63. The van der Waals surface area contributed by atoms with E-state index in [1.54, 1.807) is 62.4 Å². The van der Waals surface area contributed by atoms with E-state index in [9.17, 15) is 29.4 Å². The number of nitrogens with one attached hydrogen (secondary N) is 3. The Hall–Kier alpha value is -4.45. The first-order valence-corrected chi connectivity index (χ1v) is 12.4. The number of aliphatic hydroxyl groups is 1. The largest absolute Gasteiger partial charge is 0.481 e. The van der Waals surface area contributed by atoms with Crippen molar-refractivity contribution in [2.24, 2.45) is 5.92 Å². The van der Waals surface area contributed by atoms with Gasteiger partial charge in [-0.2, -0.15) is 0 Å². The van der Waals surface area contributed by atoms with Gasteiger partial charge in [-0.3, -0.25) is 14.4 Å². The molecule has 0 aliphatic rings. The fourth-order valence-electron chi connectivity index (χ4n) is 3.72. The summed E-state index contributed by atoms with van der Waals surface area (Å²) in [7, 11) is 0. The molecule has 3 rings (SSSR count). The second kappa shape index (κ2) is 13.4. The molecule has 4 atom stereocenters. The predicted octanol–water partition coefficient (Wildman–Crippen LogP) is 2.28. The smallest absolute Gasteiger partial charge is 0.408 e. The number of aromatic nitrogens is 1. The number of nitrogens with zero attached hydrogens (tertiary/aromatic N) is 1. The normalized spacial score (nSPS) is 14.2. The minimum atomic E-state index is -1.56. The third-order valence-electron chi connectivity index (χ3n) is 5.85. The molecule has 1 aromatic heterocycles. The first-order chi connectivity index (χ1) is 18.5. The molecular weight excluding hydrogens is 508 g/mol. The molecule has 0 saturated carbocycles. The van der Waals surface area contributed by atoms with Crippen molar-refractivity contribution in [2.75, 3.05) is 0 Å². The SMILES string of the molecule is CC(C)[C@H](NC(=O)OCc1ccccc1)C(=O)N[C@@H](C)C(=O)NC(CC(=O)O)C(O)c1nc2ccccc2o1.